The second kappa shape index (κ2) is 5.61. The van der Waals surface area contributed by atoms with Gasteiger partial charge in [-0.3, -0.25) is 9.59 Å². The van der Waals surface area contributed by atoms with Gasteiger partial charge < -0.3 is 5.32 Å². The molecule has 0 radical (unpaired) electrons. The fourth-order valence-corrected chi connectivity index (χ4v) is 1.67. The summed E-state index contributed by atoms with van der Waals surface area (Å²) >= 11 is 0. The molecule has 0 unspecified atom stereocenters. The molecule has 0 saturated heterocycles. The van der Waals surface area contributed by atoms with Gasteiger partial charge in [0.2, 0.25) is 0 Å². The Labute approximate surface area is 114 Å². The average molecular weight is 275 g/mol. The second-order valence-corrected chi connectivity index (χ2v) is 4.19. The molecule has 5 heteroatoms. The maximum Gasteiger partial charge on any atom is 0.258 e. The van der Waals surface area contributed by atoms with E-state index in [0.717, 1.165) is 6.07 Å². The molecule has 1 amide bonds. The molecular formula is C15H11F2NO2. The topological polar surface area (TPSA) is 46.2 Å². The van der Waals surface area contributed by atoms with Crippen LogP contribution in [-0.4, -0.2) is 11.7 Å². The predicted octanol–water partition coefficient (Wildman–Crippen LogP) is 3.42. The third-order valence-corrected chi connectivity index (χ3v) is 2.75. The number of anilines is 1. The van der Waals surface area contributed by atoms with Crippen LogP contribution in [0.25, 0.3) is 0 Å². The Morgan fingerprint density at radius 3 is 2.25 bits per heavy atom. The van der Waals surface area contributed by atoms with E-state index in [2.05, 4.69) is 5.32 Å². The smallest absolute Gasteiger partial charge is 0.258 e. The molecule has 2 rings (SSSR count). The lowest BCUT2D eigenvalue weighted by Gasteiger charge is -2.07. The Balaban J connectivity index is 2.19. The van der Waals surface area contributed by atoms with Crippen LogP contribution in [0, 0.1) is 11.6 Å². The van der Waals surface area contributed by atoms with E-state index in [1.165, 1.54) is 31.2 Å². The zero-order valence-electron chi connectivity index (χ0n) is 10.6. The van der Waals surface area contributed by atoms with Crippen molar-refractivity contribution in [2.24, 2.45) is 0 Å². The normalized spacial score (nSPS) is 10.2. The summed E-state index contributed by atoms with van der Waals surface area (Å²) < 4.78 is 26.5. The van der Waals surface area contributed by atoms with Crippen LogP contribution in [0.4, 0.5) is 14.5 Å². The number of Topliss-reactive ketones (excluding diaryl/α,β-unsaturated/α-hetero) is 1. The largest absolute Gasteiger partial charge is 0.322 e. The maximum atomic E-state index is 13.4. The predicted molar refractivity (Wildman–Crippen MR) is 70.8 cm³/mol. The van der Waals surface area contributed by atoms with E-state index >= 15 is 0 Å². The summed E-state index contributed by atoms with van der Waals surface area (Å²) in [5.41, 5.74) is 0.518. The van der Waals surface area contributed by atoms with Crippen LogP contribution in [0.15, 0.2) is 42.5 Å². The summed E-state index contributed by atoms with van der Waals surface area (Å²) in [7, 11) is 0. The molecule has 0 bridgehead atoms. The molecule has 0 spiro atoms. The molecule has 3 nitrogen and oxygen atoms in total. The highest BCUT2D eigenvalue weighted by atomic mass is 19.2. The Morgan fingerprint density at radius 1 is 1.00 bits per heavy atom. The monoisotopic (exact) mass is 275 g/mol. The van der Waals surface area contributed by atoms with Gasteiger partial charge in [-0.2, -0.15) is 0 Å². The van der Waals surface area contributed by atoms with Gasteiger partial charge in [-0.15, -0.1) is 0 Å². The first-order valence-corrected chi connectivity index (χ1v) is 5.85. The molecule has 2 aromatic carbocycles. The SMILES string of the molecule is CC(=O)c1ccc(NC(=O)c2cccc(F)c2F)cc1. The summed E-state index contributed by atoms with van der Waals surface area (Å²) in [5.74, 6) is -3.12. The number of carbonyl (C=O) groups excluding carboxylic acids is 2. The number of nitrogens with one attached hydrogen (secondary N) is 1. The molecule has 0 heterocycles. The van der Waals surface area contributed by atoms with E-state index < -0.39 is 17.5 Å². The summed E-state index contributed by atoms with van der Waals surface area (Å²) in [4.78, 5) is 22.9. The van der Waals surface area contributed by atoms with Crippen LogP contribution in [0.3, 0.4) is 0 Å². The fraction of sp³-hybridized carbons (Fsp3) is 0.0667. The van der Waals surface area contributed by atoms with Crippen molar-refractivity contribution in [3.8, 4) is 0 Å². The first kappa shape index (κ1) is 13.9. The van der Waals surface area contributed by atoms with Crippen LogP contribution in [0.1, 0.15) is 27.6 Å². The number of rotatable bonds is 3. The van der Waals surface area contributed by atoms with Gasteiger partial charge in [0.05, 0.1) is 5.56 Å². The van der Waals surface area contributed by atoms with Gasteiger partial charge in [-0.25, -0.2) is 8.78 Å². The first-order chi connectivity index (χ1) is 9.49. The fourth-order valence-electron chi connectivity index (χ4n) is 1.67. The van der Waals surface area contributed by atoms with Crippen molar-refractivity contribution in [2.75, 3.05) is 5.32 Å². The molecule has 0 atom stereocenters. The van der Waals surface area contributed by atoms with Crippen LogP contribution < -0.4 is 5.32 Å². The third-order valence-electron chi connectivity index (χ3n) is 2.75. The molecule has 1 N–H and O–H groups in total. The molecule has 2 aromatic rings. The van der Waals surface area contributed by atoms with Crippen molar-refractivity contribution in [3.63, 3.8) is 0 Å². The van der Waals surface area contributed by atoms with Crippen molar-refractivity contribution in [2.45, 2.75) is 6.92 Å². The van der Waals surface area contributed by atoms with Crippen molar-refractivity contribution < 1.29 is 18.4 Å². The Bertz CT molecular complexity index is 666. The zero-order chi connectivity index (χ0) is 14.7. The lowest BCUT2D eigenvalue weighted by molar-refractivity contribution is 0.101. The lowest BCUT2D eigenvalue weighted by atomic mass is 10.1. The lowest BCUT2D eigenvalue weighted by Crippen LogP contribution is -2.14. The zero-order valence-corrected chi connectivity index (χ0v) is 10.6. The van der Waals surface area contributed by atoms with Crippen LogP contribution >= 0.6 is 0 Å². The number of halogens is 2. The molecule has 102 valence electrons. The maximum absolute atomic E-state index is 13.4. The number of amides is 1. The summed E-state index contributed by atoms with van der Waals surface area (Å²) in [6, 6.07) is 9.51. The molecule has 0 aromatic heterocycles. The minimum atomic E-state index is -1.19. The number of hydrogen-bond donors (Lipinski definition) is 1. The highest BCUT2D eigenvalue weighted by Crippen LogP contribution is 2.15. The van der Waals surface area contributed by atoms with Crippen LogP contribution in [-0.2, 0) is 0 Å². The van der Waals surface area contributed by atoms with Gasteiger partial charge in [0, 0.05) is 11.3 Å². The van der Waals surface area contributed by atoms with Crippen molar-refractivity contribution in [1.82, 2.24) is 0 Å². The summed E-state index contributed by atoms with van der Waals surface area (Å²) in [6.07, 6.45) is 0. The van der Waals surface area contributed by atoms with E-state index in [0.29, 0.717) is 11.3 Å². The molecule has 0 aliphatic rings. The van der Waals surface area contributed by atoms with Gasteiger partial charge in [0.15, 0.2) is 17.4 Å². The van der Waals surface area contributed by atoms with Crippen molar-refractivity contribution >= 4 is 17.4 Å². The number of ketones is 1. The molecule has 0 aliphatic heterocycles. The quantitative estimate of drug-likeness (QED) is 0.872. The van der Waals surface area contributed by atoms with Gasteiger partial charge in [0.25, 0.3) is 5.91 Å². The third kappa shape index (κ3) is 2.88. The van der Waals surface area contributed by atoms with Crippen LogP contribution in [0.2, 0.25) is 0 Å². The second-order valence-electron chi connectivity index (χ2n) is 4.19. The minimum Gasteiger partial charge on any atom is -0.322 e. The first-order valence-electron chi connectivity index (χ1n) is 5.85. The van der Waals surface area contributed by atoms with Crippen LogP contribution in [0.5, 0.6) is 0 Å². The van der Waals surface area contributed by atoms with Gasteiger partial charge in [-0.1, -0.05) is 6.07 Å². The van der Waals surface area contributed by atoms with Gasteiger partial charge >= 0.3 is 0 Å². The minimum absolute atomic E-state index is 0.0981. The highest BCUT2D eigenvalue weighted by Gasteiger charge is 2.15. The standard InChI is InChI=1S/C15H11F2NO2/c1-9(19)10-5-7-11(8-6-10)18-15(20)12-3-2-4-13(16)14(12)17/h2-8H,1H3,(H,18,20). The summed E-state index contributed by atoms with van der Waals surface area (Å²) in [6.45, 7) is 1.43. The molecule has 20 heavy (non-hydrogen) atoms. The number of carbonyl (C=O) groups is 2. The molecule has 0 fully saturated rings. The van der Waals surface area contributed by atoms with Gasteiger partial charge in [-0.05, 0) is 43.3 Å². The van der Waals surface area contributed by atoms with E-state index in [-0.39, 0.29) is 11.3 Å². The number of benzene rings is 2. The van der Waals surface area contributed by atoms with E-state index in [1.807, 2.05) is 0 Å². The molecule has 0 saturated carbocycles. The highest BCUT2D eigenvalue weighted by molar-refractivity contribution is 6.04. The Morgan fingerprint density at radius 2 is 1.65 bits per heavy atom. The van der Waals surface area contributed by atoms with E-state index in [4.69, 9.17) is 0 Å². The van der Waals surface area contributed by atoms with Crippen molar-refractivity contribution in [1.29, 1.82) is 0 Å². The Hall–Kier alpha value is -2.56. The molecule has 0 aliphatic carbocycles. The van der Waals surface area contributed by atoms with Crippen molar-refractivity contribution in [3.05, 3.63) is 65.2 Å². The number of hydrogen-bond acceptors (Lipinski definition) is 2. The summed E-state index contributed by atoms with van der Waals surface area (Å²) in [5, 5.41) is 2.44. The average Bonchev–Trinajstić information content (AvgIpc) is 2.42. The van der Waals surface area contributed by atoms with Gasteiger partial charge in [0.1, 0.15) is 0 Å². The Kier molecular flexibility index (Phi) is 3.89. The van der Waals surface area contributed by atoms with E-state index in [1.54, 1.807) is 12.1 Å². The molecular weight excluding hydrogens is 264 g/mol. The van der Waals surface area contributed by atoms with E-state index in [9.17, 15) is 18.4 Å².